The van der Waals surface area contributed by atoms with Crippen LogP contribution in [0.15, 0.2) is 0 Å². The molecule has 2 N–H and O–H groups in total. The molecule has 0 rings (SSSR count). The Labute approximate surface area is 122 Å². The number of carboxylic acid groups (broad SMARTS) is 1. The summed E-state index contributed by atoms with van der Waals surface area (Å²) < 4.78 is 0. The third-order valence-electron chi connectivity index (χ3n) is 3.29. The first kappa shape index (κ1) is 18.7. The van der Waals surface area contributed by atoms with Gasteiger partial charge in [-0.25, -0.2) is 9.59 Å². The van der Waals surface area contributed by atoms with E-state index in [0.717, 1.165) is 38.5 Å². The summed E-state index contributed by atoms with van der Waals surface area (Å²) in [5.41, 5.74) is 0. The number of rotatable bonds is 11. The van der Waals surface area contributed by atoms with Crippen molar-refractivity contribution in [2.24, 2.45) is 0 Å². The van der Waals surface area contributed by atoms with Crippen LogP contribution in [-0.2, 0) is 4.79 Å². The van der Waals surface area contributed by atoms with Crippen molar-refractivity contribution in [3.63, 3.8) is 0 Å². The van der Waals surface area contributed by atoms with Gasteiger partial charge in [-0.3, -0.25) is 0 Å². The van der Waals surface area contributed by atoms with Gasteiger partial charge >= 0.3 is 12.0 Å². The minimum absolute atomic E-state index is 0.240. The molecular weight excluding hydrogens is 256 g/mol. The molecule has 0 radical (unpaired) electrons. The van der Waals surface area contributed by atoms with Gasteiger partial charge in [0.25, 0.3) is 0 Å². The Hall–Kier alpha value is -1.26. The van der Waals surface area contributed by atoms with E-state index < -0.39 is 12.0 Å². The maximum atomic E-state index is 12.2. The molecule has 0 saturated heterocycles. The van der Waals surface area contributed by atoms with Crippen LogP contribution in [0.25, 0.3) is 0 Å². The van der Waals surface area contributed by atoms with Gasteiger partial charge in [-0.15, -0.1) is 0 Å². The first-order valence-electron chi connectivity index (χ1n) is 7.84. The van der Waals surface area contributed by atoms with Gasteiger partial charge in [0, 0.05) is 13.1 Å². The Morgan fingerprint density at radius 1 is 1.00 bits per heavy atom. The number of carbonyl (C=O) groups excluding carboxylic acids is 1. The van der Waals surface area contributed by atoms with E-state index in [1.807, 2.05) is 6.92 Å². The van der Waals surface area contributed by atoms with Crippen LogP contribution in [0.4, 0.5) is 4.79 Å². The second-order valence-electron chi connectivity index (χ2n) is 5.18. The standard InChI is InChI=1S/C15H30N2O3/c1-4-7-10-13(14(18)19)16-15(20)17(11-8-5-2)12-9-6-3/h13H,4-12H2,1-3H3,(H,16,20)(H,18,19)/t13-/m0/s1. The lowest BCUT2D eigenvalue weighted by atomic mass is 10.1. The van der Waals surface area contributed by atoms with Crippen molar-refractivity contribution < 1.29 is 14.7 Å². The van der Waals surface area contributed by atoms with Gasteiger partial charge in [-0.2, -0.15) is 0 Å². The molecule has 20 heavy (non-hydrogen) atoms. The average molecular weight is 286 g/mol. The average Bonchev–Trinajstić information content (AvgIpc) is 2.43. The number of carboxylic acids is 1. The van der Waals surface area contributed by atoms with E-state index in [-0.39, 0.29) is 6.03 Å². The lowest BCUT2D eigenvalue weighted by molar-refractivity contribution is -0.139. The molecule has 0 unspecified atom stereocenters. The van der Waals surface area contributed by atoms with Gasteiger partial charge in [-0.05, 0) is 19.3 Å². The Bertz CT molecular complexity index is 274. The molecule has 0 aromatic heterocycles. The highest BCUT2D eigenvalue weighted by atomic mass is 16.4. The second kappa shape index (κ2) is 11.6. The van der Waals surface area contributed by atoms with Crippen LogP contribution >= 0.6 is 0 Å². The van der Waals surface area contributed by atoms with Crippen LogP contribution in [0.2, 0.25) is 0 Å². The largest absolute Gasteiger partial charge is 0.480 e. The van der Waals surface area contributed by atoms with Crippen LogP contribution in [-0.4, -0.2) is 41.1 Å². The molecule has 118 valence electrons. The van der Waals surface area contributed by atoms with Gasteiger partial charge in [0.15, 0.2) is 0 Å². The molecule has 0 aromatic rings. The predicted molar refractivity (Wildman–Crippen MR) is 80.9 cm³/mol. The molecule has 0 bridgehead atoms. The molecule has 0 aliphatic rings. The molecule has 2 amide bonds. The Balaban J connectivity index is 4.47. The third-order valence-corrected chi connectivity index (χ3v) is 3.29. The summed E-state index contributed by atoms with van der Waals surface area (Å²) in [7, 11) is 0. The Morgan fingerprint density at radius 2 is 1.50 bits per heavy atom. The fourth-order valence-electron chi connectivity index (χ4n) is 1.92. The monoisotopic (exact) mass is 286 g/mol. The van der Waals surface area contributed by atoms with Gasteiger partial charge in [0.1, 0.15) is 6.04 Å². The molecule has 0 fully saturated rings. The first-order valence-corrected chi connectivity index (χ1v) is 7.84. The van der Waals surface area contributed by atoms with Crippen LogP contribution in [0.3, 0.4) is 0 Å². The second-order valence-corrected chi connectivity index (χ2v) is 5.18. The van der Waals surface area contributed by atoms with E-state index in [9.17, 15) is 9.59 Å². The van der Waals surface area contributed by atoms with Crippen LogP contribution < -0.4 is 5.32 Å². The lowest BCUT2D eigenvalue weighted by Gasteiger charge is -2.25. The zero-order valence-electron chi connectivity index (χ0n) is 13.2. The first-order chi connectivity index (χ1) is 9.56. The van der Waals surface area contributed by atoms with Crippen molar-refractivity contribution in [2.75, 3.05) is 13.1 Å². The summed E-state index contributed by atoms with van der Waals surface area (Å²) in [5.74, 6) is -0.947. The highest BCUT2D eigenvalue weighted by Crippen LogP contribution is 2.04. The molecule has 5 heteroatoms. The van der Waals surface area contributed by atoms with Gasteiger partial charge < -0.3 is 15.3 Å². The van der Waals surface area contributed by atoms with Crippen molar-refractivity contribution in [3.8, 4) is 0 Å². The van der Waals surface area contributed by atoms with Gasteiger partial charge in [0.05, 0.1) is 0 Å². The number of nitrogens with one attached hydrogen (secondary N) is 1. The van der Waals surface area contributed by atoms with E-state index in [4.69, 9.17) is 5.11 Å². The quantitative estimate of drug-likeness (QED) is 0.612. The number of hydrogen-bond acceptors (Lipinski definition) is 2. The summed E-state index contributed by atoms with van der Waals surface area (Å²) in [5, 5.41) is 11.8. The molecule has 0 aromatic carbocycles. The summed E-state index contributed by atoms with van der Waals surface area (Å²) in [6.07, 6.45) is 6.17. The van der Waals surface area contributed by atoms with E-state index >= 15 is 0 Å². The van der Waals surface area contributed by atoms with E-state index in [1.165, 1.54) is 0 Å². The highest BCUT2D eigenvalue weighted by molar-refractivity contribution is 5.82. The van der Waals surface area contributed by atoms with Gasteiger partial charge in [0.2, 0.25) is 0 Å². The Morgan fingerprint density at radius 3 is 1.90 bits per heavy atom. The normalized spacial score (nSPS) is 11.9. The van der Waals surface area contributed by atoms with Gasteiger partial charge in [-0.1, -0.05) is 46.5 Å². The van der Waals surface area contributed by atoms with Crippen molar-refractivity contribution in [1.29, 1.82) is 0 Å². The zero-order valence-corrected chi connectivity index (χ0v) is 13.2. The molecule has 0 saturated carbocycles. The van der Waals surface area contributed by atoms with Crippen LogP contribution in [0.1, 0.15) is 65.7 Å². The number of unbranched alkanes of at least 4 members (excludes halogenated alkanes) is 3. The molecule has 0 spiro atoms. The maximum Gasteiger partial charge on any atom is 0.326 e. The topological polar surface area (TPSA) is 69.6 Å². The van der Waals surface area contributed by atoms with Crippen molar-refractivity contribution in [3.05, 3.63) is 0 Å². The molecule has 0 heterocycles. The predicted octanol–water partition coefficient (Wildman–Crippen LogP) is 3.24. The summed E-state index contributed by atoms with van der Waals surface area (Å²) in [6, 6.07) is -1.01. The SMILES string of the molecule is CCCC[C@H](NC(=O)N(CCCC)CCCC)C(=O)O. The lowest BCUT2D eigenvalue weighted by Crippen LogP contribution is -2.48. The maximum absolute atomic E-state index is 12.2. The molecular formula is C15H30N2O3. The molecule has 5 nitrogen and oxygen atoms in total. The summed E-state index contributed by atoms with van der Waals surface area (Å²) >= 11 is 0. The third kappa shape index (κ3) is 8.02. The van der Waals surface area contributed by atoms with Crippen molar-refractivity contribution in [1.82, 2.24) is 10.2 Å². The highest BCUT2D eigenvalue weighted by Gasteiger charge is 2.22. The minimum atomic E-state index is -0.947. The number of amides is 2. The smallest absolute Gasteiger partial charge is 0.326 e. The number of hydrogen-bond donors (Lipinski definition) is 2. The van der Waals surface area contributed by atoms with E-state index in [0.29, 0.717) is 19.5 Å². The van der Waals surface area contributed by atoms with E-state index in [1.54, 1.807) is 4.90 Å². The van der Waals surface area contributed by atoms with Crippen molar-refractivity contribution in [2.45, 2.75) is 71.8 Å². The van der Waals surface area contributed by atoms with Crippen LogP contribution in [0.5, 0.6) is 0 Å². The zero-order chi connectivity index (χ0) is 15.4. The van der Waals surface area contributed by atoms with Crippen molar-refractivity contribution >= 4 is 12.0 Å². The summed E-state index contributed by atoms with van der Waals surface area (Å²) in [4.78, 5) is 25.1. The number of aliphatic carboxylic acids is 1. The molecule has 0 aliphatic carbocycles. The fourth-order valence-corrected chi connectivity index (χ4v) is 1.92. The number of carbonyl (C=O) groups is 2. The Kier molecular flexibility index (Phi) is 10.8. The van der Waals surface area contributed by atoms with E-state index in [2.05, 4.69) is 19.2 Å². The number of urea groups is 1. The summed E-state index contributed by atoms with van der Waals surface area (Å²) in [6.45, 7) is 7.56. The minimum Gasteiger partial charge on any atom is -0.480 e. The fraction of sp³-hybridized carbons (Fsp3) is 0.867. The van der Waals surface area contributed by atoms with Crippen LogP contribution in [0, 0.1) is 0 Å². The number of nitrogens with zero attached hydrogens (tertiary/aromatic N) is 1. The molecule has 0 aliphatic heterocycles. The molecule has 1 atom stereocenters.